The minimum atomic E-state index is -4.50. The van der Waals surface area contributed by atoms with Crippen LogP contribution in [0.1, 0.15) is 5.69 Å². The zero-order valence-corrected chi connectivity index (χ0v) is 11.5. The number of aryl methyl sites for hydroxylation is 1. The molecule has 0 bridgehead atoms. The third kappa shape index (κ3) is 1.84. The second-order valence-electron chi connectivity index (χ2n) is 4.33. The molecule has 1 aromatic carbocycles. The minimum absolute atomic E-state index is 0.0633. The smallest absolute Gasteiger partial charge is 0.328 e. The van der Waals surface area contributed by atoms with E-state index in [1.165, 1.54) is 0 Å². The molecule has 0 fully saturated rings. The second kappa shape index (κ2) is 4.37. The summed E-state index contributed by atoms with van der Waals surface area (Å²) in [5.41, 5.74) is 0.141. The number of aromatic nitrogens is 3. The molecule has 0 aliphatic carbocycles. The Morgan fingerprint density at radius 3 is 2.50 bits per heavy atom. The average molecular weight is 297 g/mol. The van der Waals surface area contributed by atoms with Gasteiger partial charge in [0.1, 0.15) is 5.65 Å². The first-order valence-corrected chi connectivity index (χ1v) is 7.02. The Hall–Kier alpha value is -1.76. The summed E-state index contributed by atoms with van der Waals surface area (Å²) < 4.78 is 41.5. The van der Waals surface area contributed by atoms with Crippen molar-refractivity contribution in [3.8, 4) is 0 Å². The average Bonchev–Trinajstić information content (AvgIpc) is 2.71. The molecule has 0 N–H and O–H groups in total. The molecule has 3 aromatic rings. The molecular weight excluding hydrogens is 287 g/mol. The standard InChI is InChI=1S/C13H10F3N3S/c1-19-8-6-4-3-5-7(8)9-10(13(14,15)16)17-12(20-2)18-11(9)19/h3-6H,1-2H3. The van der Waals surface area contributed by atoms with E-state index >= 15 is 0 Å². The number of benzene rings is 1. The Morgan fingerprint density at radius 1 is 1.15 bits per heavy atom. The van der Waals surface area contributed by atoms with Crippen LogP contribution >= 0.6 is 11.8 Å². The summed E-state index contributed by atoms with van der Waals surface area (Å²) in [4.78, 5) is 7.89. The van der Waals surface area contributed by atoms with E-state index in [1.54, 1.807) is 42.1 Å². The maximum Gasteiger partial charge on any atom is 0.434 e. The van der Waals surface area contributed by atoms with Gasteiger partial charge in [-0.2, -0.15) is 13.2 Å². The van der Waals surface area contributed by atoms with Gasteiger partial charge in [-0.15, -0.1) is 0 Å². The molecule has 0 saturated heterocycles. The lowest BCUT2D eigenvalue weighted by Gasteiger charge is -2.08. The Kier molecular flexibility index (Phi) is 2.89. The van der Waals surface area contributed by atoms with E-state index in [4.69, 9.17) is 0 Å². The largest absolute Gasteiger partial charge is 0.434 e. The van der Waals surface area contributed by atoms with Crippen molar-refractivity contribution in [2.45, 2.75) is 11.3 Å². The van der Waals surface area contributed by atoms with Crippen LogP contribution in [0.2, 0.25) is 0 Å². The molecule has 2 aromatic heterocycles. The molecule has 0 saturated carbocycles. The molecule has 20 heavy (non-hydrogen) atoms. The lowest BCUT2D eigenvalue weighted by molar-refractivity contribution is -0.140. The summed E-state index contributed by atoms with van der Waals surface area (Å²) in [6, 6.07) is 6.94. The maximum atomic E-state index is 13.3. The fourth-order valence-electron chi connectivity index (χ4n) is 2.31. The van der Waals surface area contributed by atoms with Crippen LogP contribution in [0.4, 0.5) is 13.2 Å². The Bertz CT molecular complexity index is 808. The van der Waals surface area contributed by atoms with Crippen LogP contribution in [0.15, 0.2) is 29.4 Å². The zero-order valence-electron chi connectivity index (χ0n) is 10.7. The van der Waals surface area contributed by atoms with Crippen LogP contribution in [0.5, 0.6) is 0 Å². The summed E-state index contributed by atoms with van der Waals surface area (Å²) in [6.07, 6.45) is -2.85. The van der Waals surface area contributed by atoms with E-state index in [2.05, 4.69) is 9.97 Å². The normalized spacial score (nSPS) is 12.4. The van der Waals surface area contributed by atoms with Gasteiger partial charge in [0.15, 0.2) is 10.9 Å². The molecule has 0 amide bonds. The predicted molar refractivity (Wildman–Crippen MR) is 72.8 cm³/mol. The molecule has 0 aliphatic heterocycles. The molecule has 0 aliphatic rings. The van der Waals surface area contributed by atoms with E-state index in [1.807, 2.05) is 0 Å². The minimum Gasteiger partial charge on any atom is -0.328 e. The highest BCUT2D eigenvalue weighted by molar-refractivity contribution is 7.98. The lowest BCUT2D eigenvalue weighted by atomic mass is 10.1. The van der Waals surface area contributed by atoms with Gasteiger partial charge in [-0.3, -0.25) is 0 Å². The Balaban J connectivity index is 2.57. The van der Waals surface area contributed by atoms with E-state index in [0.717, 1.165) is 11.8 Å². The second-order valence-corrected chi connectivity index (χ2v) is 5.10. The first-order valence-electron chi connectivity index (χ1n) is 5.80. The van der Waals surface area contributed by atoms with Crippen molar-refractivity contribution >= 4 is 33.7 Å². The van der Waals surface area contributed by atoms with Crippen LogP contribution < -0.4 is 0 Å². The maximum absolute atomic E-state index is 13.3. The molecular formula is C13H10F3N3S. The van der Waals surface area contributed by atoms with Crippen molar-refractivity contribution in [2.75, 3.05) is 6.26 Å². The van der Waals surface area contributed by atoms with Crippen LogP contribution in [-0.2, 0) is 13.2 Å². The summed E-state index contributed by atoms with van der Waals surface area (Å²) in [6.45, 7) is 0. The van der Waals surface area contributed by atoms with Gasteiger partial charge in [0, 0.05) is 12.4 Å². The quantitative estimate of drug-likeness (QED) is 0.505. The van der Waals surface area contributed by atoms with Crippen LogP contribution in [0.25, 0.3) is 21.9 Å². The van der Waals surface area contributed by atoms with Crippen molar-refractivity contribution in [3.05, 3.63) is 30.0 Å². The topological polar surface area (TPSA) is 30.7 Å². The summed E-state index contributed by atoms with van der Waals surface area (Å²) in [5.74, 6) is 0. The van der Waals surface area contributed by atoms with Crippen molar-refractivity contribution in [1.29, 1.82) is 0 Å². The molecule has 104 valence electrons. The van der Waals surface area contributed by atoms with E-state index < -0.39 is 11.9 Å². The van der Waals surface area contributed by atoms with Crippen molar-refractivity contribution in [3.63, 3.8) is 0 Å². The van der Waals surface area contributed by atoms with Gasteiger partial charge >= 0.3 is 6.18 Å². The molecule has 2 heterocycles. The van der Waals surface area contributed by atoms with Gasteiger partial charge in [-0.05, 0) is 12.3 Å². The Morgan fingerprint density at radius 2 is 1.85 bits per heavy atom. The summed E-state index contributed by atoms with van der Waals surface area (Å²) >= 11 is 1.10. The van der Waals surface area contributed by atoms with Crippen molar-refractivity contribution in [2.24, 2.45) is 7.05 Å². The predicted octanol–water partition coefficient (Wildman–Crippen LogP) is 3.86. The molecule has 0 radical (unpaired) electrons. The van der Waals surface area contributed by atoms with Gasteiger partial charge < -0.3 is 4.57 Å². The fourth-order valence-corrected chi connectivity index (χ4v) is 2.67. The number of para-hydroxylation sites is 1. The van der Waals surface area contributed by atoms with E-state index in [0.29, 0.717) is 16.6 Å². The number of fused-ring (bicyclic) bond motifs is 3. The zero-order chi connectivity index (χ0) is 14.5. The van der Waals surface area contributed by atoms with Crippen molar-refractivity contribution < 1.29 is 13.2 Å². The lowest BCUT2D eigenvalue weighted by Crippen LogP contribution is -2.10. The molecule has 7 heteroatoms. The number of thioether (sulfide) groups is 1. The Labute approximate surface area is 116 Å². The SMILES string of the molecule is CSc1nc(C(F)(F)F)c2c3ccccc3n(C)c2n1. The first-order chi connectivity index (χ1) is 9.43. The number of halogens is 3. The first kappa shape index (κ1) is 13.2. The van der Waals surface area contributed by atoms with Gasteiger partial charge in [0.25, 0.3) is 0 Å². The number of hydrogen-bond donors (Lipinski definition) is 0. The van der Waals surface area contributed by atoms with E-state index in [9.17, 15) is 13.2 Å². The van der Waals surface area contributed by atoms with Gasteiger partial charge in [0.2, 0.25) is 0 Å². The highest BCUT2D eigenvalue weighted by Crippen LogP contribution is 2.38. The summed E-state index contributed by atoms with van der Waals surface area (Å²) in [5, 5.41) is 0.703. The number of rotatable bonds is 1. The van der Waals surface area contributed by atoms with Crippen LogP contribution in [-0.4, -0.2) is 20.8 Å². The summed E-state index contributed by atoms with van der Waals surface area (Å²) in [7, 11) is 1.71. The van der Waals surface area contributed by atoms with Crippen LogP contribution in [0, 0.1) is 0 Å². The monoisotopic (exact) mass is 297 g/mol. The van der Waals surface area contributed by atoms with Gasteiger partial charge in [-0.25, -0.2) is 9.97 Å². The molecule has 3 rings (SSSR count). The van der Waals surface area contributed by atoms with Gasteiger partial charge in [0.05, 0.1) is 10.9 Å². The highest BCUT2D eigenvalue weighted by atomic mass is 32.2. The van der Waals surface area contributed by atoms with Crippen LogP contribution in [0.3, 0.4) is 0 Å². The number of hydrogen-bond acceptors (Lipinski definition) is 3. The third-order valence-electron chi connectivity index (χ3n) is 3.17. The van der Waals surface area contributed by atoms with Gasteiger partial charge in [-0.1, -0.05) is 30.0 Å². The van der Waals surface area contributed by atoms with E-state index in [-0.39, 0.29) is 10.5 Å². The number of alkyl halides is 3. The number of nitrogens with zero attached hydrogens (tertiary/aromatic N) is 3. The molecule has 0 unspecified atom stereocenters. The third-order valence-corrected chi connectivity index (χ3v) is 3.72. The highest BCUT2D eigenvalue weighted by Gasteiger charge is 2.37. The van der Waals surface area contributed by atoms with Crippen molar-refractivity contribution in [1.82, 2.24) is 14.5 Å². The molecule has 0 spiro atoms. The molecule has 3 nitrogen and oxygen atoms in total. The molecule has 0 atom stereocenters. The fraction of sp³-hybridized carbons (Fsp3) is 0.231.